The van der Waals surface area contributed by atoms with Crippen molar-refractivity contribution >= 4 is 31.5 Å². The van der Waals surface area contributed by atoms with Crippen molar-refractivity contribution in [1.82, 2.24) is 9.80 Å². The van der Waals surface area contributed by atoms with Crippen LogP contribution < -0.4 is 14.9 Å². The van der Waals surface area contributed by atoms with Crippen LogP contribution in [-0.2, 0) is 0 Å². The zero-order valence-corrected chi connectivity index (χ0v) is 18.6. The Morgan fingerprint density at radius 3 is 1.62 bits per heavy atom. The summed E-state index contributed by atoms with van der Waals surface area (Å²) < 4.78 is 13.7. The number of fused-ring (bicyclic) bond motifs is 2. The molecule has 0 amide bonds. The van der Waals surface area contributed by atoms with E-state index in [2.05, 4.69) is 9.80 Å². The minimum absolute atomic E-state index is 0.0335. The molecule has 0 aliphatic carbocycles. The van der Waals surface area contributed by atoms with Gasteiger partial charge in [0, 0.05) is 33.3 Å². The number of benzene rings is 2. The molecule has 5 nitrogen and oxygen atoms in total. The van der Waals surface area contributed by atoms with Crippen molar-refractivity contribution in [2.24, 2.45) is 0 Å². The summed E-state index contributed by atoms with van der Waals surface area (Å²) >= 11 is 1.62. The molecule has 0 saturated heterocycles. The molecule has 0 fully saturated rings. The first kappa shape index (κ1) is 21.6. The standard InChI is InChI=1S/C23H30N2O3S/c1-24(2)11-5-13-27-17-7-9-21-19(15-17)23(26)20-16-18(8-10-22(20)29-21)28-14-6-12-25(3)4/h7-10,15-16H,5-6,11-14H2,1-4H3. The Bertz CT molecular complexity index is 937. The molecule has 0 aliphatic rings. The second-order valence-corrected chi connectivity index (χ2v) is 8.84. The predicted octanol–water partition coefficient (Wildman–Crippen LogP) is 4.08. The van der Waals surface area contributed by atoms with Crippen LogP contribution in [0, 0.1) is 0 Å². The highest BCUT2D eigenvalue weighted by Gasteiger charge is 2.09. The first-order valence-corrected chi connectivity index (χ1v) is 10.8. The van der Waals surface area contributed by atoms with Crippen LogP contribution in [0.4, 0.5) is 0 Å². The van der Waals surface area contributed by atoms with Crippen molar-refractivity contribution in [1.29, 1.82) is 0 Å². The zero-order valence-electron chi connectivity index (χ0n) is 17.7. The highest BCUT2D eigenvalue weighted by atomic mass is 32.1. The molecular weight excluding hydrogens is 384 g/mol. The fourth-order valence-electron chi connectivity index (χ4n) is 3.14. The molecule has 156 valence electrons. The van der Waals surface area contributed by atoms with Gasteiger partial charge in [-0.1, -0.05) is 0 Å². The van der Waals surface area contributed by atoms with Crippen molar-refractivity contribution in [2.45, 2.75) is 12.8 Å². The molecule has 0 spiro atoms. The van der Waals surface area contributed by atoms with E-state index in [1.807, 2.05) is 64.6 Å². The molecule has 29 heavy (non-hydrogen) atoms. The van der Waals surface area contributed by atoms with Crippen molar-refractivity contribution in [2.75, 3.05) is 54.5 Å². The van der Waals surface area contributed by atoms with Gasteiger partial charge in [0.1, 0.15) is 11.5 Å². The highest BCUT2D eigenvalue weighted by molar-refractivity contribution is 7.24. The Balaban J connectivity index is 1.79. The van der Waals surface area contributed by atoms with Gasteiger partial charge in [-0.15, -0.1) is 11.3 Å². The summed E-state index contributed by atoms with van der Waals surface area (Å²) in [5.41, 5.74) is 0.0335. The summed E-state index contributed by atoms with van der Waals surface area (Å²) in [6.45, 7) is 3.23. The quantitative estimate of drug-likeness (QED) is 0.369. The minimum atomic E-state index is 0.0335. The molecule has 0 atom stereocenters. The van der Waals surface area contributed by atoms with Crippen molar-refractivity contribution < 1.29 is 9.47 Å². The van der Waals surface area contributed by atoms with Gasteiger partial charge in [0.15, 0.2) is 5.43 Å². The first-order chi connectivity index (χ1) is 13.9. The normalized spacial score (nSPS) is 11.7. The average molecular weight is 415 g/mol. The molecule has 2 aromatic carbocycles. The van der Waals surface area contributed by atoms with E-state index in [1.54, 1.807) is 11.3 Å². The average Bonchev–Trinajstić information content (AvgIpc) is 2.69. The summed E-state index contributed by atoms with van der Waals surface area (Å²) in [5, 5.41) is 1.41. The van der Waals surface area contributed by atoms with Gasteiger partial charge in [-0.05, 0) is 77.4 Å². The van der Waals surface area contributed by atoms with E-state index < -0.39 is 0 Å². The molecule has 0 saturated carbocycles. The molecule has 1 aromatic heterocycles. The van der Waals surface area contributed by atoms with E-state index in [-0.39, 0.29) is 5.43 Å². The molecule has 0 bridgehead atoms. The Morgan fingerprint density at radius 1 is 0.759 bits per heavy atom. The molecular formula is C23H30N2O3S. The number of hydrogen-bond acceptors (Lipinski definition) is 6. The maximum atomic E-state index is 13.1. The molecule has 0 unspecified atom stereocenters. The van der Waals surface area contributed by atoms with Crippen molar-refractivity contribution in [3.8, 4) is 11.5 Å². The van der Waals surface area contributed by atoms with Gasteiger partial charge in [0.2, 0.25) is 0 Å². The predicted molar refractivity (Wildman–Crippen MR) is 123 cm³/mol. The molecule has 0 radical (unpaired) electrons. The molecule has 6 heteroatoms. The van der Waals surface area contributed by atoms with Gasteiger partial charge in [-0.2, -0.15) is 0 Å². The van der Waals surface area contributed by atoms with E-state index in [9.17, 15) is 4.79 Å². The fraction of sp³-hybridized carbons (Fsp3) is 0.435. The molecule has 1 heterocycles. The smallest absolute Gasteiger partial charge is 0.196 e. The lowest BCUT2D eigenvalue weighted by atomic mass is 10.1. The third kappa shape index (κ3) is 5.92. The lowest BCUT2D eigenvalue weighted by Crippen LogP contribution is -2.15. The van der Waals surface area contributed by atoms with Crippen LogP contribution >= 0.6 is 11.3 Å². The van der Waals surface area contributed by atoms with Crippen LogP contribution in [0.3, 0.4) is 0 Å². The molecule has 0 aliphatic heterocycles. The van der Waals surface area contributed by atoms with Crippen molar-refractivity contribution in [3.05, 3.63) is 46.6 Å². The Labute approximate surface area is 176 Å². The fourth-order valence-corrected chi connectivity index (χ4v) is 4.17. The second-order valence-electron chi connectivity index (χ2n) is 7.76. The van der Waals surface area contributed by atoms with Gasteiger partial charge in [0.25, 0.3) is 0 Å². The molecule has 3 rings (SSSR count). The summed E-state index contributed by atoms with van der Waals surface area (Å²) in [5.74, 6) is 1.49. The van der Waals surface area contributed by atoms with Crippen LogP contribution in [0.1, 0.15) is 12.8 Å². The van der Waals surface area contributed by atoms with Gasteiger partial charge in [0.05, 0.1) is 13.2 Å². The van der Waals surface area contributed by atoms with Gasteiger partial charge in [-0.3, -0.25) is 4.79 Å². The van der Waals surface area contributed by atoms with Crippen LogP contribution in [0.5, 0.6) is 11.5 Å². The number of rotatable bonds is 10. The lowest BCUT2D eigenvalue weighted by Gasteiger charge is -2.11. The number of hydrogen-bond donors (Lipinski definition) is 0. The summed E-state index contributed by atoms with van der Waals surface area (Å²) in [7, 11) is 8.19. The monoisotopic (exact) mass is 414 g/mol. The van der Waals surface area contributed by atoms with Crippen molar-refractivity contribution in [3.63, 3.8) is 0 Å². The van der Waals surface area contributed by atoms with Crippen LogP contribution in [-0.4, -0.2) is 64.3 Å². The minimum Gasteiger partial charge on any atom is -0.494 e. The zero-order chi connectivity index (χ0) is 20.8. The Morgan fingerprint density at radius 2 is 1.21 bits per heavy atom. The summed E-state index contributed by atoms with van der Waals surface area (Å²) in [6, 6.07) is 11.6. The largest absolute Gasteiger partial charge is 0.494 e. The number of ether oxygens (including phenoxy) is 2. The van der Waals surface area contributed by atoms with E-state index >= 15 is 0 Å². The van der Waals surface area contributed by atoms with Crippen LogP contribution in [0.15, 0.2) is 41.2 Å². The van der Waals surface area contributed by atoms with E-state index in [0.29, 0.717) is 24.0 Å². The van der Waals surface area contributed by atoms with E-state index in [1.165, 1.54) is 0 Å². The van der Waals surface area contributed by atoms with Crippen LogP contribution in [0.25, 0.3) is 20.2 Å². The SMILES string of the molecule is CN(C)CCCOc1ccc2sc3ccc(OCCCN(C)C)cc3c(=O)c2c1. The molecule has 3 aromatic rings. The summed E-state index contributed by atoms with van der Waals surface area (Å²) in [4.78, 5) is 17.4. The van der Waals surface area contributed by atoms with E-state index in [4.69, 9.17) is 9.47 Å². The summed E-state index contributed by atoms with van der Waals surface area (Å²) in [6.07, 6.45) is 1.90. The Kier molecular flexibility index (Phi) is 7.47. The molecule has 0 N–H and O–H groups in total. The Hall–Kier alpha value is -2.15. The maximum absolute atomic E-state index is 13.1. The second kappa shape index (κ2) is 10.1. The topological polar surface area (TPSA) is 42.0 Å². The van der Waals surface area contributed by atoms with Gasteiger partial charge in [-0.25, -0.2) is 0 Å². The van der Waals surface area contributed by atoms with E-state index in [0.717, 1.165) is 46.8 Å². The highest BCUT2D eigenvalue weighted by Crippen LogP contribution is 2.29. The number of nitrogens with zero attached hydrogens (tertiary/aromatic N) is 2. The first-order valence-electron chi connectivity index (χ1n) is 10.00. The third-order valence-corrected chi connectivity index (χ3v) is 5.80. The van der Waals surface area contributed by atoms with Gasteiger partial charge >= 0.3 is 0 Å². The lowest BCUT2D eigenvalue weighted by molar-refractivity contribution is 0.282. The van der Waals surface area contributed by atoms with Gasteiger partial charge < -0.3 is 19.3 Å². The third-order valence-electron chi connectivity index (χ3n) is 4.65. The van der Waals surface area contributed by atoms with Crippen LogP contribution in [0.2, 0.25) is 0 Å². The maximum Gasteiger partial charge on any atom is 0.196 e.